The molecular formula is C26H25ClN2O6S. The topological polar surface area (TPSA) is 117 Å². The van der Waals surface area contributed by atoms with Crippen LogP contribution >= 0.6 is 11.6 Å². The summed E-state index contributed by atoms with van der Waals surface area (Å²) < 4.78 is 30.8. The summed E-state index contributed by atoms with van der Waals surface area (Å²) in [6, 6.07) is 16.5. The molecule has 1 aromatic heterocycles. The number of hydrogen-bond acceptors (Lipinski definition) is 7. The van der Waals surface area contributed by atoms with E-state index in [1.54, 1.807) is 50.5 Å². The first kappa shape index (κ1) is 24.7. The van der Waals surface area contributed by atoms with E-state index in [1.165, 1.54) is 29.3 Å². The summed E-state index contributed by atoms with van der Waals surface area (Å²) in [6.45, 7) is 0. The highest BCUT2D eigenvalue weighted by molar-refractivity contribution is 7.90. The molecule has 0 bridgehead atoms. The summed E-state index contributed by atoms with van der Waals surface area (Å²) in [7, 11) is -0.339. The Morgan fingerprint density at radius 2 is 1.75 bits per heavy atom. The molecule has 1 amide bonds. The number of ether oxygens (including phenoxy) is 1. The van der Waals surface area contributed by atoms with Crippen LogP contribution < -0.4 is 4.74 Å². The van der Waals surface area contributed by atoms with Gasteiger partial charge in [0, 0.05) is 38.5 Å². The van der Waals surface area contributed by atoms with Crippen molar-refractivity contribution in [1.82, 2.24) is 9.88 Å². The number of hydrogen-bond donors (Lipinski definition) is 2. The van der Waals surface area contributed by atoms with E-state index in [4.69, 9.17) is 16.3 Å². The fraction of sp³-hybridized carbons (Fsp3) is 0.308. The molecule has 2 aromatic carbocycles. The fourth-order valence-electron chi connectivity index (χ4n) is 5.65. The number of benzene rings is 2. The minimum absolute atomic E-state index is 0.0570. The van der Waals surface area contributed by atoms with Gasteiger partial charge in [-0.2, -0.15) is 0 Å². The number of sulfone groups is 1. The molecule has 36 heavy (non-hydrogen) atoms. The summed E-state index contributed by atoms with van der Waals surface area (Å²) in [4.78, 5) is 19.3. The zero-order valence-electron chi connectivity index (χ0n) is 19.8. The van der Waals surface area contributed by atoms with Crippen LogP contribution in [0.15, 0.2) is 71.8 Å². The Hall–Kier alpha value is -2.98. The Labute approximate surface area is 214 Å². The lowest BCUT2D eigenvalue weighted by molar-refractivity contribution is -0.157. The van der Waals surface area contributed by atoms with Crippen molar-refractivity contribution in [3.05, 3.63) is 88.7 Å². The lowest BCUT2D eigenvalue weighted by atomic mass is 9.71. The van der Waals surface area contributed by atoms with Crippen molar-refractivity contribution >= 4 is 27.3 Å². The second-order valence-electron chi connectivity index (χ2n) is 9.49. The number of aliphatic hydroxyl groups excluding tert-OH is 1. The van der Waals surface area contributed by atoms with Crippen molar-refractivity contribution in [1.29, 1.82) is 0 Å². The maximum Gasteiger partial charge on any atom is 0.228 e. The van der Waals surface area contributed by atoms with E-state index in [2.05, 4.69) is 4.98 Å². The Bertz CT molecular complexity index is 1450. The van der Waals surface area contributed by atoms with Crippen LogP contribution in [0.5, 0.6) is 5.75 Å². The first-order valence-corrected chi connectivity index (χ1v) is 13.5. The molecule has 0 radical (unpaired) electrons. The first-order valence-electron chi connectivity index (χ1n) is 11.2. The minimum Gasteiger partial charge on any atom is -0.476 e. The number of fused-ring (bicyclic) bond motifs is 3. The zero-order valence-corrected chi connectivity index (χ0v) is 21.4. The molecule has 5 rings (SSSR count). The van der Waals surface area contributed by atoms with Gasteiger partial charge in [-0.15, -0.1) is 0 Å². The molecule has 1 fully saturated rings. The third-order valence-corrected chi connectivity index (χ3v) is 8.51. The van der Waals surface area contributed by atoms with Gasteiger partial charge in [-0.1, -0.05) is 54.1 Å². The molecule has 1 aliphatic heterocycles. The molecule has 2 N–H and O–H groups in total. The third-order valence-electron chi connectivity index (χ3n) is 7.18. The maximum atomic E-state index is 13.5. The van der Waals surface area contributed by atoms with Crippen LogP contribution in [-0.4, -0.2) is 60.9 Å². The number of aliphatic hydroxyl groups is 2. The average molecular weight is 529 g/mol. The van der Waals surface area contributed by atoms with Crippen molar-refractivity contribution in [2.45, 2.75) is 28.1 Å². The van der Waals surface area contributed by atoms with Crippen molar-refractivity contribution < 1.29 is 28.2 Å². The summed E-state index contributed by atoms with van der Waals surface area (Å²) >= 11 is 6.18. The highest BCUT2D eigenvalue weighted by Crippen LogP contribution is 2.68. The standard InChI is InChI=1S/C26H25ClN2O6S/c1-29(2)24(31)20-21(15-7-5-4-6-8-15)26(16-9-11-18(12-10-16)36(3,33)34)25(32,23(20)30)22-19(35-26)13-17(27)14-28-22/h4-14,20-21,23,30,32H,1-3H3/t20-,21-,23-,25?,26+/m1/s1. The van der Waals surface area contributed by atoms with Crippen LogP contribution in [0.4, 0.5) is 0 Å². The van der Waals surface area contributed by atoms with Gasteiger partial charge < -0.3 is 19.8 Å². The summed E-state index contributed by atoms with van der Waals surface area (Å²) in [5.74, 6) is -2.20. The third kappa shape index (κ3) is 3.30. The number of nitrogens with zero attached hydrogens (tertiary/aromatic N) is 2. The van der Waals surface area contributed by atoms with E-state index >= 15 is 0 Å². The summed E-state index contributed by atoms with van der Waals surface area (Å²) in [5.41, 5.74) is -2.79. The van der Waals surface area contributed by atoms with E-state index in [1.807, 2.05) is 6.07 Å². The van der Waals surface area contributed by atoms with Crippen molar-refractivity contribution in [2.75, 3.05) is 20.4 Å². The predicted octanol–water partition coefficient (Wildman–Crippen LogP) is 2.48. The molecule has 5 atom stereocenters. The Balaban J connectivity index is 1.85. The lowest BCUT2D eigenvalue weighted by Gasteiger charge is -2.40. The largest absolute Gasteiger partial charge is 0.476 e. The van der Waals surface area contributed by atoms with Gasteiger partial charge in [0.15, 0.2) is 21.0 Å². The molecule has 0 spiro atoms. The number of pyridine rings is 1. The average Bonchev–Trinajstić information content (AvgIpc) is 3.21. The summed E-state index contributed by atoms with van der Waals surface area (Å²) in [6.07, 6.45) is 0.834. The quantitative estimate of drug-likeness (QED) is 0.534. The second kappa shape index (κ2) is 8.27. The van der Waals surface area contributed by atoms with E-state index < -0.39 is 44.9 Å². The Morgan fingerprint density at radius 1 is 1.11 bits per heavy atom. The number of carbonyl (C=O) groups is 1. The van der Waals surface area contributed by atoms with Gasteiger partial charge in [-0.25, -0.2) is 8.42 Å². The monoisotopic (exact) mass is 528 g/mol. The molecule has 188 valence electrons. The highest BCUT2D eigenvalue weighted by Gasteiger charge is 2.78. The number of rotatable bonds is 4. The van der Waals surface area contributed by atoms with E-state index in [0.717, 1.165) is 6.26 Å². The zero-order chi connectivity index (χ0) is 26.0. The predicted molar refractivity (Wildman–Crippen MR) is 132 cm³/mol. The second-order valence-corrected chi connectivity index (χ2v) is 11.9. The van der Waals surface area contributed by atoms with Crippen molar-refractivity contribution in [3.63, 3.8) is 0 Å². The molecule has 0 saturated heterocycles. The molecule has 8 nitrogen and oxygen atoms in total. The van der Waals surface area contributed by atoms with Gasteiger partial charge in [0.1, 0.15) is 17.5 Å². The number of halogens is 1. The van der Waals surface area contributed by atoms with Gasteiger partial charge in [-0.3, -0.25) is 9.78 Å². The molecular weight excluding hydrogens is 504 g/mol. The smallest absolute Gasteiger partial charge is 0.228 e. The summed E-state index contributed by atoms with van der Waals surface area (Å²) in [5, 5.41) is 24.5. The molecule has 1 aliphatic carbocycles. The van der Waals surface area contributed by atoms with Crippen LogP contribution in [-0.2, 0) is 25.8 Å². The number of aromatic nitrogens is 1. The molecule has 3 aromatic rings. The van der Waals surface area contributed by atoms with Gasteiger partial charge in [0.05, 0.1) is 15.8 Å². The van der Waals surface area contributed by atoms with E-state index in [0.29, 0.717) is 11.1 Å². The number of amides is 1. The molecule has 2 heterocycles. The van der Waals surface area contributed by atoms with Crippen LogP contribution in [0.1, 0.15) is 22.7 Å². The van der Waals surface area contributed by atoms with Crippen molar-refractivity contribution in [3.8, 4) is 5.75 Å². The van der Waals surface area contributed by atoms with Gasteiger partial charge in [0.25, 0.3) is 0 Å². The SMILES string of the molecule is CN(C)C(=O)[C@H]1[C@@H](O)C2(O)c3ncc(Cl)cc3O[C@@]2(c2ccc(S(C)(=O)=O)cc2)[C@@H]1c1ccccc1. The first-order chi connectivity index (χ1) is 16.9. The van der Waals surface area contributed by atoms with E-state index in [9.17, 15) is 23.4 Å². The van der Waals surface area contributed by atoms with Crippen molar-refractivity contribution in [2.24, 2.45) is 5.92 Å². The van der Waals surface area contributed by atoms with Gasteiger partial charge >= 0.3 is 0 Å². The lowest BCUT2D eigenvalue weighted by Crippen LogP contribution is -2.52. The van der Waals surface area contributed by atoms with Gasteiger partial charge in [0.2, 0.25) is 5.91 Å². The van der Waals surface area contributed by atoms with Crippen LogP contribution in [0, 0.1) is 5.92 Å². The minimum atomic E-state index is -3.50. The Morgan fingerprint density at radius 3 is 2.33 bits per heavy atom. The molecule has 2 aliphatic rings. The van der Waals surface area contributed by atoms with Gasteiger partial charge in [-0.05, 0) is 23.3 Å². The normalized spacial score (nSPS) is 28.8. The van der Waals surface area contributed by atoms with Crippen LogP contribution in [0.2, 0.25) is 5.02 Å². The highest BCUT2D eigenvalue weighted by atomic mass is 35.5. The molecule has 1 saturated carbocycles. The van der Waals surface area contributed by atoms with Crippen LogP contribution in [0.25, 0.3) is 0 Å². The molecule has 10 heteroatoms. The number of carbonyl (C=O) groups excluding carboxylic acids is 1. The fourth-order valence-corrected chi connectivity index (χ4v) is 6.43. The molecule has 1 unspecified atom stereocenters. The van der Waals surface area contributed by atoms with E-state index in [-0.39, 0.29) is 21.4 Å². The Kier molecular flexibility index (Phi) is 5.68. The van der Waals surface area contributed by atoms with Crippen LogP contribution in [0.3, 0.4) is 0 Å². The maximum absolute atomic E-state index is 13.5.